The summed E-state index contributed by atoms with van der Waals surface area (Å²) in [6.45, 7) is 2.73. The van der Waals surface area contributed by atoms with E-state index in [-0.39, 0.29) is 12.2 Å². The van der Waals surface area contributed by atoms with Crippen LogP contribution >= 0.6 is 0 Å². The first-order valence-corrected chi connectivity index (χ1v) is 6.40. The second-order valence-corrected chi connectivity index (χ2v) is 4.06. The Balaban J connectivity index is 3.01. The summed E-state index contributed by atoms with van der Waals surface area (Å²) in [5.74, 6) is -0.137. The number of ether oxygens (including phenoxy) is 3. The van der Waals surface area contributed by atoms with Crippen molar-refractivity contribution in [3.63, 3.8) is 0 Å². The largest absolute Gasteiger partial charge is 0.493 e. The van der Waals surface area contributed by atoms with Crippen molar-refractivity contribution in [3.05, 3.63) is 23.8 Å². The Bertz CT molecular complexity index is 493. The van der Waals surface area contributed by atoms with Gasteiger partial charge < -0.3 is 14.2 Å². The van der Waals surface area contributed by atoms with E-state index >= 15 is 0 Å². The molecule has 1 rings (SSSR count). The predicted octanol–water partition coefficient (Wildman–Crippen LogP) is 2.31. The summed E-state index contributed by atoms with van der Waals surface area (Å²) in [5, 5.41) is 9.28. The molecule has 0 aromatic heterocycles. The Morgan fingerprint density at radius 1 is 1.35 bits per heavy atom. The van der Waals surface area contributed by atoms with Gasteiger partial charge >= 0.3 is 0 Å². The molecule has 0 saturated carbocycles. The number of benzene rings is 1. The summed E-state index contributed by atoms with van der Waals surface area (Å²) in [7, 11) is 3.00. The van der Waals surface area contributed by atoms with Gasteiger partial charge in [0, 0.05) is 18.6 Å². The molecule has 5 nitrogen and oxygen atoms in total. The lowest BCUT2D eigenvalue weighted by atomic mass is 9.93. The molecule has 20 heavy (non-hydrogen) atoms. The SMILES string of the molecule is CCOCCC(=O)[C@H](C#N)c1cccc(OC)c1OC. The summed E-state index contributed by atoms with van der Waals surface area (Å²) in [4.78, 5) is 12.1. The number of hydrogen-bond donors (Lipinski definition) is 0. The molecule has 5 heteroatoms. The fourth-order valence-electron chi connectivity index (χ4n) is 1.92. The highest BCUT2D eigenvalue weighted by Gasteiger charge is 2.25. The van der Waals surface area contributed by atoms with Crippen LogP contribution in [0.3, 0.4) is 0 Å². The number of carbonyl (C=O) groups is 1. The maximum absolute atomic E-state index is 12.1. The second-order valence-electron chi connectivity index (χ2n) is 4.06. The lowest BCUT2D eigenvalue weighted by Crippen LogP contribution is -2.14. The smallest absolute Gasteiger partial charge is 0.165 e. The Kier molecular flexibility index (Phi) is 6.54. The predicted molar refractivity (Wildman–Crippen MR) is 74.0 cm³/mol. The standard InChI is InChI=1S/C15H19NO4/c1-4-20-9-8-13(17)12(10-16)11-6-5-7-14(18-2)15(11)19-3/h5-7,12H,4,8-9H2,1-3H3/t12-/m1/s1. The van der Waals surface area contributed by atoms with Gasteiger partial charge in [0.05, 0.1) is 26.9 Å². The molecule has 0 radical (unpaired) electrons. The third-order valence-corrected chi connectivity index (χ3v) is 2.89. The molecular weight excluding hydrogens is 258 g/mol. The van der Waals surface area contributed by atoms with E-state index in [4.69, 9.17) is 14.2 Å². The van der Waals surface area contributed by atoms with Gasteiger partial charge in [-0.3, -0.25) is 4.79 Å². The molecule has 108 valence electrons. The van der Waals surface area contributed by atoms with E-state index in [0.29, 0.717) is 30.3 Å². The van der Waals surface area contributed by atoms with Crippen molar-refractivity contribution in [1.82, 2.24) is 0 Å². The quantitative estimate of drug-likeness (QED) is 0.682. The van der Waals surface area contributed by atoms with Gasteiger partial charge in [-0.25, -0.2) is 0 Å². The van der Waals surface area contributed by atoms with Crippen LogP contribution in [0.2, 0.25) is 0 Å². The topological polar surface area (TPSA) is 68.6 Å². The molecule has 0 amide bonds. The van der Waals surface area contributed by atoms with Crippen LogP contribution in [0.1, 0.15) is 24.8 Å². The summed E-state index contributed by atoms with van der Waals surface area (Å²) in [6.07, 6.45) is 0.201. The van der Waals surface area contributed by atoms with E-state index < -0.39 is 5.92 Å². The van der Waals surface area contributed by atoms with Gasteiger partial charge in [0.1, 0.15) is 5.92 Å². The van der Waals surface area contributed by atoms with Crippen LogP contribution in [-0.2, 0) is 9.53 Å². The van der Waals surface area contributed by atoms with Crippen molar-refractivity contribution in [1.29, 1.82) is 5.26 Å². The van der Waals surface area contributed by atoms with Gasteiger partial charge in [0.2, 0.25) is 0 Å². The number of hydrogen-bond acceptors (Lipinski definition) is 5. The van der Waals surface area contributed by atoms with Gasteiger partial charge in [0.15, 0.2) is 17.3 Å². The molecular formula is C15H19NO4. The van der Waals surface area contributed by atoms with E-state index in [2.05, 4.69) is 0 Å². The average molecular weight is 277 g/mol. The first-order chi connectivity index (χ1) is 9.69. The molecule has 0 spiro atoms. The Morgan fingerprint density at radius 3 is 2.65 bits per heavy atom. The number of nitriles is 1. The fourth-order valence-corrected chi connectivity index (χ4v) is 1.92. The van der Waals surface area contributed by atoms with Crippen molar-refractivity contribution < 1.29 is 19.0 Å². The van der Waals surface area contributed by atoms with Crippen LogP contribution < -0.4 is 9.47 Å². The van der Waals surface area contributed by atoms with Crippen LogP contribution in [0.4, 0.5) is 0 Å². The summed E-state index contributed by atoms with van der Waals surface area (Å²) >= 11 is 0. The molecule has 1 atom stereocenters. The fraction of sp³-hybridized carbons (Fsp3) is 0.467. The monoisotopic (exact) mass is 277 g/mol. The number of ketones is 1. The minimum absolute atomic E-state index is 0.187. The van der Waals surface area contributed by atoms with E-state index in [1.807, 2.05) is 13.0 Å². The molecule has 0 aliphatic rings. The van der Waals surface area contributed by atoms with E-state index in [9.17, 15) is 10.1 Å². The summed E-state index contributed by atoms with van der Waals surface area (Å²) in [6, 6.07) is 7.19. The normalized spacial score (nSPS) is 11.5. The molecule has 0 N–H and O–H groups in total. The first-order valence-electron chi connectivity index (χ1n) is 6.40. The molecule has 0 fully saturated rings. The van der Waals surface area contributed by atoms with Gasteiger partial charge in [-0.15, -0.1) is 0 Å². The van der Waals surface area contributed by atoms with Crippen molar-refractivity contribution in [3.8, 4) is 17.6 Å². The van der Waals surface area contributed by atoms with Crippen LogP contribution in [-0.4, -0.2) is 33.2 Å². The van der Waals surface area contributed by atoms with Crippen molar-refractivity contribution in [2.24, 2.45) is 0 Å². The Labute approximate surface area is 119 Å². The van der Waals surface area contributed by atoms with E-state index in [1.54, 1.807) is 18.2 Å². The third-order valence-electron chi connectivity index (χ3n) is 2.89. The molecule has 0 bridgehead atoms. The maximum atomic E-state index is 12.1. The summed E-state index contributed by atoms with van der Waals surface area (Å²) in [5.41, 5.74) is 0.524. The number of nitrogens with zero attached hydrogens (tertiary/aromatic N) is 1. The molecule has 0 unspecified atom stereocenters. The molecule has 1 aromatic carbocycles. The zero-order chi connectivity index (χ0) is 15.0. The average Bonchev–Trinajstić information content (AvgIpc) is 2.47. The zero-order valence-electron chi connectivity index (χ0n) is 12.0. The van der Waals surface area contributed by atoms with Crippen molar-refractivity contribution in [2.45, 2.75) is 19.3 Å². The second kappa shape index (κ2) is 8.18. The van der Waals surface area contributed by atoms with Gasteiger partial charge in [0.25, 0.3) is 0 Å². The zero-order valence-corrected chi connectivity index (χ0v) is 12.0. The Hall–Kier alpha value is -2.06. The number of methoxy groups -OCH3 is 2. The number of Topliss-reactive ketones (excluding diaryl/α,β-unsaturated/α-hetero) is 1. The van der Waals surface area contributed by atoms with Gasteiger partial charge in [-0.2, -0.15) is 5.26 Å². The van der Waals surface area contributed by atoms with Crippen LogP contribution in [0, 0.1) is 11.3 Å². The number of rotatable bonds is 8. The highest BCUT2D eigenvalue weighted by Crippen LogP contribution is 2.35. The van der Waals surface area contributed by atoms with E-state index in [1.165, 1.54) is 14.2 Å². The van der Waals surface area contributed by atoms with Crippen molar-refractivity contribution in [2.75, 3.05) is 27.4 Å². The van der Waals surface area contributed by atoms with E-state index in [0.717, 1.165) is 0 Å². The minimum Gasteiger partial charge on any atom is -0.493 e. The molecule has 0 aliphatic heterocycles. The lowest BCUT2D eigenvalue weighted by molar-refractivity contribution is -0.120. The number of para-hydroxylation sites is 1. The molecule has 0 aliphatic carbocycles. The number of carbonyl (C=O) groups excluding carboxylic acids is 1. The van der Waals surface area contributed by atoms with Crippen LogP contribution in [0.5, 0.6) is 11.5 Å². The highest BCUT2D eigenvalue weighted by molar-refractivity contribution is 5.89. The maximum Gasteiger partial charge on any atom is 0.165 e. The van der Waals surface area contributed by atoms with Gasteiger partial charge in [-0.05, 0) is 13.0 Å². The minimum atomic E-state index is -0.875. The Morgan fingerprint density at radius 2 is 2.10 bits per heavy atom. The van der Waals surface area contributed by atoms with Crippen LogP contribution in [0.25, 0.3) is 0 Å². The molecule has 1 aromatic rings. The molecule has 0 heterocycles. The molecule has 0 saturated heterocycles. The third kappa shape index (κ3) is 3.72. The van der Waals surface area contributed by atoms with Crippen LogP contribution in [0.15, 0.2) is 18.2 Å². The van der Waals surface area contributed by atoms with Crippen molar-refractivity contribution >= 4 is 5.78 Å². The lowest BCUT2D eigenvalue weighted by Gasteiger charge is -2.15. The highest BCUT2D eigenvalue weighted by atomic mass is 16.5. The summed E-state index contributed by atoms with van der Waals surface area (Å²) < 4.78 is 15.6. The first kappa shape index (κ1) is 16.0. The van der Waals surface area contributed by atoms with Gasteiger partial charge in [-0.1, -0.05) is 12.1 Å².